The number of ether oxygens (including phenoxy) is 1. The molecule has 3 N–H and O–H groups in total. The second-order valence-electron chi connectivity index (χ2n) is 3.98. The number of thiocarbonyl (C=S) groups is 1. The second-order valence-corrected chi connectivity index (χ2v) is 4.42. The molecule has 5 heteroatoms. The van der Waals surface area contributed by atoms with E-state index in [4.69, 9.17) is 22.7 Å². The van der Waals surface area contributed by atoms with Gasteiger partial charge in [0.25, 0.3) is 0 Å². The van der Waals surface area contributed by atoms with E-state index in [2.05, 4.69) is 0 Å². The summed E-state index contributed by atoms with van der Waals surface area (Å²) >= 11 is 5.01. The second kappa shape index (κ2) is 5.84. The standard InChI is InChI=1S/C12H18N2O2S/c1-8(15)7-14(2)11-6-9(16-3)4-5-10(11)12(13)17/h4-6,8,15H,7H2,1-3H3,(H2,13,17). The van der Waals surface area contributed by atoms with E-state index >= 15 is 0 Å². The minimum atomic E-state index is -0.426. The van der Waals surface area contributed by atoms with Gasteiger partial charge in [-0.3, -0.25) is 0 Å². The van der Waals surface area contributed by atoms with Gasteiger partial charge in [-0.05, 0) is 19.1 Å². The molecule has 4 nitrogen and oxygen atoms in total. The Balaban J connectivity index is 3.12. The van der Waals surface area contributed by atoms with Gasteiger partial charge in [-0.25, -0.2) is 0 Å². The third-order valence-corrected chi connectivity index (χ3v) is 2.64. The fourth-order valence-electron chi connectivity index (χ4n) is 1.66. The van der Waals surface area contributed by atoms with Crippen LogP contribution in [0.3, 0.4) is 0 Å². The monoisotopic (exact) mass is 254 g/mol. The fraction of sp³-hybridized carbons (Fsp3) is 0.417. The molecule has 0 radical (unpaired) electrons. The molecule has 0 aromatic heterocycles. The predicted molar refractivity (Wildman–Crippen MR) is 73.8 cm³/mol. The van der Waals surface area contributed by atoms with Gasteiger partial charge < -0.3 is 20.5 Å². The lowest BCUT2D eigenvalue weighted by molar-refractivity contribution is 0.201. The summed E-state index contributed by atoms with van der Waals surface area (Å²) in [7, 11) is 3.48. The van der Waals surface area contributed by atoms with Crippen LogP contribution in [0.1, 0.15) is 12.5 Å². The summed E-state index contributed by atoms with van der Waals surface area (Å²) in [6, 6.07) is 5.50. The predicted octanol–water partition coefficient (Wildman–Crippen LogP) is 1.15. The first-order chi connectivity index (χ1) is 7.95. The summed E-state index contributed by atoms with van der Waals surface area (Å²) < 4.78 is 5.17. The summed E-state index contributed by atoms with van der Waals surface area (Å²) in [5, 5.41) is 9.40. The smallest absolute Gasteiger partial charge is 0.120 e. The van der Waals surface area contributed by atoms with Crippen molar-refractivity contribution in [2.45, 2.75) is 13.0 Å². The van der Waals surface area contributed by atoms with Gasteiger partial charge in [-0.2, -0.15) is 0 Å². The largest absolute Gasteiger partial charge is 0.497 e. The lowest BCUT2D eigenvalue weighted by Crippen LogP contribution is -2.29. The van der Waals surface area contributed by atoms with Gasteiger partial charge in [0.2, 0.25) is 0 Å². The molecule has 1 aromatic carbocycles. The van der Waals surface area contributed by atoms with Gasteiger partial charge in [0.05, 0.1) is 18.9 Å². The van der Waals surface area contributed by atoms with Crippen molar-refractivity contribution in [2.75, 3.05) is 25.6 Å². The van der Waals surface area contributed by atoms with E-state index in [1.165, 1.54) is 0 Å². The highest BCUT2D eigenvalue weighted by atomic mass is 32.1. The molecule has 0 aliphatic heterocycles. The van der Waals surface area contributed by atoms with E-state index in [1.807, 2.05) is 30.1 Å². The number of rotatable bonds is 5. The first-order valence-corrected chi connectivity index (χ1v) is 5.73. The van der Waals surface area contributed by atoms with Crippen LogP contribution in [0, 0.1) is 0 Å². The molecule has 1 unspecified atom stereocenters. The van der Waals surface area contributed by atoms with Crippen LogP contribution < -0.4 is 15.4 Å². The van der Waals surface area contributed by atoms with Crippen LogP contribution in [0.2, 0.25) is 0 Å². The van der Waals surface area contributed by atoms with E-state index < -0.39 is 6.10 Å². The molecule has 0 saturated heterocycles. The van der Waals surface area contributed by atoms with Crippen LogP contribution in [-0.2, 0) is 0 Å². The highest BCUT2D eigenvalue weighted by molar-refractivity contribution is 7.80. The molecule has 0 saturated carbocycles. The zero-order chi connectivity index (χ0) is 13.0. The third kappa shape index (κ3) is 3.57. The molecule has 0 bridgehead atoms. The van der Waals surface area contributed by atoms with Crippen molar-refractivity contribution in [3.8, 4) is 5.75 Å². The van der Waals surface area contributed by atoms with Crippen molar-refractivity contribution < 1.29 is 9.84 Å². The van der Waals surface area contributed by atoms with Crippen LogP contribution in [0.4, 0.5) is 5.69 Å². The number of hydrogen-bond acceptors (Lipinski definition) is 4. The van der Waals surface area contributed by atoms with Crippen molar-refractivity contribution >= 4 is 22.9 Å². The van der Waals surface area contributed by atoms with Crippen molar-refractivity contribution in [1.82, 2.24) is 0 Å². The number of benzene rings is 1. The number of likely N-dealkylation sites (N-methyl/N-ethyl adjacent to an activating group) is 1. The van der Waals surface area contributed by atoms with Crippen LogP contribution in [0.15, 0.2) is 18.2 Å². The Bertz CT molecular complexity index is 407. The average molecular weight is 254 g/mol. The number of methoxy groups -OCH3 is 1. The molecule has 17 heavy (non-hydrogen) atoms. The highest BCUT2D eigenvalue weighted by Crippen LogP contribution is 2.25. The molecule has 0 fully saturated rings. The number of aliphatic hydroxyl groups excluding tert-OH is 1. The lowest BCUT2D eigenvalue weighted by Gasteiger charge is -2.24. The molecule has 0 amide bonds. The Kier molecular flexibility index (Phi) is 4.72. The molecule has 0 heterocycles. The summed E-state index contributed by atoms with van der Waals surface area (Å²) in [5.41, 5.74) is 7.32. The molecule has 0 spiro atoms. The summed E-state index contributed by atoms with van der Waals surface area (Å²) in [6.07, 6.45) is -0.426. The zero-order valence-corrected chi connectivity index (χ0v) is 11.1. The van der Waals surface area contributed by atoms with E-state index in [9.17, 15) is 5.11 Å². The van der Waals surface area contributed by atoms with Crippen molar-refractivity contribution in [2.24, 2.45) is 5.73 Å². The normalized spacial score (nSPS) is 12.0. The van der Waals surface area contributed by atoms with Gasteiger partial charge in [-0.1, -0.05) is 12.2 Å². The van der Waals surface area contributed by atoms with Crippen molar-refractivity contribution in [1.29, 1.82) is 0 Å². The number of aliphatic hydroxyl groups is 1. The number of anilines is 1. The number of hydrogen-bond donors (Lipinski definition) is 2. The molecule has 1 atom stereocenters. The average Bonchev–Trinajstić information content (AvgIpc) is 2.27. The Labute approximate surface area is 107 Å². The van der Waals surface area contributed by atoms with Gasteiger partial charge in [0, 0.05) is 25.2 Å². The molecule has 1 rings (SSSR count). The van der Waals surface area contributed by atoms with Crippen LogP contribution in [-0.4, -0.2) is 36.9 Å². The van der Waals surface area contributed by atoms with Gasteiger partial charge >= 0.3 is 0 Å². The summed E-state index contributed by atoms with van der Waals surface area (Å²) in [6.45, 7) is 2.24. The van der Waals surface area contributed by atoms with E-state index in [0.29, 0.717) is 11.5 Å². The van der Waals surface area contributed by atoms with Gasteiger partial charge in [0.1, 0.15) is 10.7 Å². The third-order valence-electron chi connectivity index (χ3n) is 2.42. The van der Waals surface area contributed by atoms with Crippen molar-refractivity contribution in [3.05, 3.63) is 23.8 Å². The van der Waals surface area contributed by atoms with Gasteiger partial charge in [-0.15, -0.1) is 0 Å². The molecule has 0 aliphatic rings. The molecule has 1 aromatic rings. The first-order valence-electron chi connectivity index (χ1n) is 5.32. The minimum Gasteiger partial charge on any atom is -0.497 e. The Morgan fingerprint density at radius 1 is 1.59 bits per heavy atom. The van der Waals surface area contributed by atoms with E-state index in [1.54, 1.807) is 14.0 Å². The topological polar surface area (TPSA) is 58.7 Å². The Hall–Kier alpha value is -1.33. The fourth-order valence-corrected chi connectivity index (χ4v) is 1.83. The first kappa shape index (κ1) is 13.7. The molecule has 94 valence electrons. The number of nitrogens with two attached hydrogens (primary N) is 1. The molecule has 0 aliphatic carbocycles. The summed E-state index contributed by atoms with van der Waals surface area (Å²) in [4.78, 5) is 2.24. The quantitative estimate of drug-likeness (QED) is 0.772. The molecular weight excluding hydrogens is 236 g/mol. The highest BCUT2D eigenvalue weighted by Gasteiger charge is 2.12. The van der Waals surface area contributed by atoms with E-state index in [0.717, 1.165) is 17.0 Å². The van der Waals surface area contributed by atoms with Crippen LogP contribution >= 0.6 is 12.2 Å². The van der Waals surface area contributed by atoms with Gasteiger partial charge in [0.15, 0.2) is 0 Å². The van der Waals surface area contributed by atoms with Crippen LogP contribution in [0.5, 0.6) is 5.75 Å². The van der Waals surface area contributed by atoms with Crippen LogP contribution in [0.25, 0.3) is 0 Å². The summed E-state index contributed by atoms with van der Waals surface area (Å²) in [5.74, 6) is 0.734. The Morgan fingerprint density at radius 2 is 2.24 bits per heavy atom. The van der Waals surface area contributed by atoms with E-state index in [-0.39, 0.29) is 0 Å². The maximum absolute atomic E-state index is 9.40. The maximum atomic E-state index is 9.40. The SMILES string of the molecule is COc1ccc(C(N)=S)c(N(C)CC(C)O)c1. The lowest BCUT2D eigenvalue weighted by atomic mass is 10.1. The maximum Gasteiger partial charge on any atom is 0.120 e. The Morgan fingerprint density at radius 3 is 2.71 bits per heavy atom. The molecular formula is C12H18N2O2S. The number of nitrogens with zero attached hydrogens (tertiary/aromatic N) is 1. The zero-order valence-electron chi connectivity index (χ0n) is 10.3. The van der Waals surface area contributed by atoms with Crippen molar-refractivity contribution in [3.63, 3.8) is 0 Å². The minimum absolute atomic E-state index is 0.333.